The Labute approximate surface area is 182 Å². The van der Waals surface area contributed by atoms with Crippen LogP contribution in [0.1, 0.15) is 11.9 Å². The van der Waals surface area contributed by atoms with E-state index in [1.807, 2.05) is 24.3 Å². The molecule has 0 spiro atoms. The van der Waals surface area contributed by atoms with Gasteiger partial charge in [0.1, 0.15) is 12.2 Å². The molecule has 2 fully saturated rings. The van der Waals surface area contributed by atoms with Crippen LogP contribution < -0.4 is 22.7 Å². The molecule has 2 unspecified atom stereocenters. The molecule has 3 aromatic rings. The van der Waals surface area contributed by atoms with E-state index in [2.05, 4.69) is 21.5 Å². The van der Waals surface area contributed by atoms with E-state index in [0.29, 0.717) is 13.2 Å². The third-order valence-corrected chi connectivity index (χ3v) is 4.75. The van der Waals surface area contributed by atoms with Crippen molar-refractivity contribution in [2.24, 2.45) is 0 Å². The number of nitrogens with two attached hydrogens (primary N) is 2. The fraction of sp³-hybridized carbons (Fsp3) is 0.350. The molecule has 172 valence electrons. The largest absolute Gasteiger partial charge is 0.400 e. The Morgan fingerprint density at radius 2 is 1.78 bits per heavy atom. The van der Waals surface area contributed by atoms with E-state index in [9.17, 15) is 9.59 Å². The van der Waals surface area contributed by atoms with Crippen LogP contribution in [0.15, 0.2) is 46.5 Å². The van der Waals surface area contributed by atoms with E-state index in [0.717, 1.165) is 18.4 Å². The van der Waals surface area contributed by atoms with Crippen LogP contribution in [0.25, 0.3) is 11.2 Å². The fourth-order valence-corrected chi connectivity index (χ4v) is 3.32. The van der Waals surface area contributed by atoms with Crippen molar-refractivity contribution in [2.45, 2.75) is 25.0 Å². The summed E-state index contributed by atoms with van der Waals surface area (Å²) in [5, 5.41) is 7.00. The number of rotatable bonds is 3. The number of hydrogen-bond donors (Lipinski definition) is 5. The number of allylic oxidation sites excluding steroid dienone is 1. The molecule has 0 amide bonds. The second-order valence-corrected chi connectivity index (χ2v) is 6.86. The zero-order chi connectivity index (χ0) is 23.3. The van der Waals surface area contributed by atoms with Gasteiger partial charge in [0.2, 0.25) is 5.95 Å². The number of imidazole rings is 1. The molecule has 0 radical (unpaired) electrons. The molecular formula is C20H26N6O6. The van der Waals surface area contributed by atoms with E-state index < -0.39 is 11.2 Å². The van der Waals surface area contributed by atoms with Gasteiger partial charge >= 0.3 is 5.69 Å². The fourth-order valence-electron chi connectivity index (χ4n) is 3.32. The van der Waals surface area contributed by atoms with Gasteiger partial charge in [-0.3, -0.25) is 19.3 Å². The van der Waals surface area contributed by atoms with Gasteiger partial charge in [-0.05, 0) is 12.1 Å². The number of aromatic nitrogens is 4. The Morgan fingerprint density at radius 1 is 1.16 bits per heavy atom. The topological polar surface area (TPSA) is 183 Å². The second-order valence-electron chi connectivity index (χ2n) is 6.86. The summed E-state index contributed by atoms with van der Waals surface area (Å²) in [6.07, 6.45) is 1.44. The van der Waals surface area contributed by atoms with E-state index in [4.69, 9.17) is 30.8 Å². The van der Waals surface area contributed by atoms with Gasteiger partial charge in [-0.2, -0.15) is 4.98 Å². The summed E-state index contributed by atoms with van der Waals surface area (Å²) in [4.78, 5) is 31.5. The highest BCUT2D eigenvalue weighted by molar-refractivity contribution is 5.70. The Balaban J connectivity index is 0.000000168. The van der Waals surface area contributed by atoms with Crippen molar-refractivity contribution in [1.29, 1.82) is 0 Å². The van der Waals surface area contributed by atoms with Crippen LogP contribution in [0.3, 0.4) is 0 Å². The molecule has 12 nitrogen and oxygen atoms in total. The van der Waals surface area contributed by atoms with Gasteiger partial charge in [0, 0.05) is 24.9 Å². The minimum atomic E-state index is -0.447. The first-order chi connectivity index (χ1) is 15.5. The maximum atomic E-state index is 11.5. The normalized spacial score (nSPS) is 21.2. The molecule has 2 aliphatic rings. The number of aliphatic hydroxyl groups excluding tert-OH is 1. The molecule has 0 saturated carbocycles. The van der Waals surface area contributed by atoms with Gasteiger partial charge < -0.3 is 30.8 Å². The van der Waals surface area contributed by atoms with Gasteiger partial charge in [-0.1, -0.05) is 18.2 Å². The molecule has 4 heterocycles. The summed E-state index contributed by atoms with van der Waals surface area (Å²) in [6, 6.07) is 7.57. The molecule has 2 atom stereocenters. The lowest BCUT2D eigenvalue weighted by Gasteiger charge is -2.11. The number of nitrogens with zero attached hydrogens (tertiary/aromatic N) is 2. The quantitative estimate of drug-likeness (QED) is 0.270. The molecule has 0 bridgehead atoms. The van der Waals surface area contributed by atoms with Crippen molar-refractivity contribution in [3.8, 4) is 0 Å². The third kappa shape index (κ3) is 4.89. The Bertz CT molecular complexity index is 1160. The van der Waals surface area contributed by atoms with Gasteiger partial charge in [-0.15, -0.1) is 6.58 Å². The van der Waals surface area contributed by atoms with Crippen LogP contribution >= 0.6 is 0 Å². The molecule has 1 aromatic carbocycles. The third-order valence-electron chi connectivity index (χ3n) is 4.75. The van der Waals surface area contributed by atoms with Crippen LogP contribution in [0, 0.1) is 0 Å². The number of aliphatic hydroxyl groups is 1. The molecule has 2 aromatic heterocycles. The van der Waals surface area contributed by atoms with E-state index >= 15 is 0 Å². The molecule has 0 aliphatic carbocycles. The zero-order valence-electron chi connectivity index (χ0n) is 17.5. The first kappa shape index (κ1) is 23.2. The van der Waals surface area contributed by atoms with E-state index in [1.54, 1.807) is 0 Å². The number of H-pyrrole nitrogens is 2. The number of hydrogen-bond acceptors (Lipinski definition) is 9. The number of nitrogen functional groups attached to an aromatic ring is 2. The Kier molecular flexibility index (Phi) is 7.43. The summed E-state index contributed by atoms with van der Waals surface area (Å²) in [5.41, 5.74) is 12.2. The maximum absolute atomic E-state index is 11.5. The van der Waals surface area contributed by atoms with Crippen LogP contribution in [0.2, 0.25) is 0 Å². The van der Waals surface area contributed by atoms with Crippen LogP contribution in [-0.4, -0.2) is 57.2 Å². The number of benzene rings is 1. The highest BCUT2D eigenvalue weighted by atomic mass is 16.8. The number of ether oxygens (including phenoxy) is 3. The first-order valence-electron chi connectivity index (χ1n) is 9.74. The van der Waals surface area contributed by atoms with E-state index in [1.165, 1.54) is 10.6 Å². The van der Waals surface area contributed by atoms with Gasteiger partial charge in [0.05, 0.1) is 13.2 Å². The van der Waals surface area contributed by atoms with Crippen molar-refractivity contribution in [2.75, 3.05) is 31.8 Å². The highest BCUT2D eigenvalue weighted by Gasteiger charge is 2.40. The van der Waals surface area contributed by atoms with E-state index in [-0.39, 0.29) is 42.2 Å². The lowest BCUT2D eigenvalue weighted by atomic mass is 10.2. The average Bonchev–Trinajstić information content (AvgIpc) is 3.45. The minimum absolute atomic E-state index is 0.0282. The summed E-state index contributed by atoms with van der Waals surface area (Å²) < 4.78 is 17.9. The lowest BCUT2D eigenvalue weighted by Crippen LogP contribution is -2.20. The number of nitrogens with one attached hydrogen (secondary N) is 2. The van der Waals surface area contributed by atoms with Gasteiger partial charge in [-0.25, -0.2) is 4.79 Å². The van der Waals surface area contributed by atoms with Crippen LogP contribution in [-0.2, 0) is 20.8 Å². The number of fused-ring (bicyclic) bond motifs is 2. The smallest absolute Gasteiger partial charge is 0.328 e. The zero-order valence-corrected chi connectivity index (χ0v) is 17.5. The number of aromatic amines is 2. The molecule has 32 heavy (non-hydrogen) atoms. The maximum Gasteiger partial charge on any atom is 0.328 e. The Morgan fingerprint density at radius 3 is 2.38 bits per heavy atom. The number of anilines is 2. The molecule has 2 saturated heterocycles. The second kappa shape index (κ2) is 10.2. The minimum Gasteiger partial charge on any atom is -0.400 e. The summed E-state index contributed by atoms with van der Waals surface area (Å²) in [7, 11) is 1.00. The Hall–Kier alpha value is -3.45. The van der Waals surface area contributed by atoms with Crippen molar-refractivity contribution in [3.63, 3.8) is 0 Å². The summed E-state index contributed by atoms with van der Waals surface area (Å²) in [6.45, 7) is 5.01. The molecule has 2 aliphatic heterocycles. The van der Waals surface area contributed by atoms with Crippen molar-refractivity contribution in [3.05, 3.63) is 63.3 Å². The molecule has 5 rings (SSSR count). The SMILES string of the molecule is C=CCn1c(=O)[nH]c2nc(N)[nH]c(=O)c21.CO.Nc1ccc(C2OC3COCC3O2)cc1. The summed E-state index contributed by atoms with van der Waals surface area (Å²) >= 11 is 0. The molecule has 7 N–H and O–H groups in total. The van der Waals surface area contributed by atoms with Crippen LogP contribution in [0.4, 0.5) is 11.6 Å². The van der Waals surface area contributed by atoms with Crippen molar-refractivity contribution >= 4 is 22.8 Å². The molecular weight excluding hydrogens is 420 g/mol. The van der Waals surface area contributed by atoms with Crippen molar-refractivity contribution in [1.82, 2.24) is 19.5 Å². The summed E-state index contributed by atoms with van der Waals surface area (Å²) in [5.74, 6) is -0.0282. The predicted molar refractivity (Wildman–Crippen MR) is 118 cm³/mol. The first-order valence-corrected chi connectivity index (χ1v) is 9.74. The average molecular weight is 446 g/mol. The lowest BCUT2D eigenvalue weighted by molar-refractivity contribution is -0.0965. The highest BCUT2D eigenvalue weighted by Crippen LogP contribution is 2.34. The standard InChI is InChI=1S/C11H13NO3.C8H9N5O2.CH4O/c12-8-3-1-7(2-4-8)11-14-9-5-13-6-10(9)15-11;1-2-3-13-4-5(11-8(13)15)10-7(9)12-6(4)14;1-2/h1-4,9-11H,5-6,12H2;2H,1,3H2,(H4,9,10,11,12,14,15);2H,1H3. The predicted octanol–water partition coefficient (Wildman–Crippen LogP) is -0.129. The monoisotopic (exact) mass is 446 g/mol. The van der Waals surface area contributed by atoms with Crippen molar-refractivity contribution < 1.29 is 19.3 Å². The van der Waals surface area contributed by atoms with Gasteiger partial charge in [0.15, 0.2) is 17.5 Å². The van der Waals surface area contributed by atoms with Crippen LogP contribution in [0.5, 0.6) is 0 Å². The molecule has 12 heteroatoms. The van der Waals surface area contributed by atoms with Gasteiger partial charge in [0.25, 0.3) is 5.56 Å².